The summed E-state index contributed by atoms with van der Waals surface area (Å²) in [5.41, 5.74) is 2.20. The number of rotatable bonds is 3. The number of hydrogen-bond donors (Lipinski definition) is 2. The van der Waals surface area contributed by atoms with Gasteiger partial charge in [0.1, 0.15) is 6.61 Å². The van der Waals surface area contributed by atoms with Gasteiger partial charge in [0.05, 0.1) is 10.9 Å². The molecule has 0 aliphatic heterocycles. The van der Waals surface area contributed by atoms with E-state index >= 15 is 0 Å². The molecule has 1 aromatic carbocycles. The Morgan fingerprint density at radius 1 is 1.35 bits per heavy atom. The van der Waals surface area contributed by atoms with Gasteiger partial charge in [-0.15, -0.1) is 0 Å². The molecule has 2 rings (SSSR count). The molecule has 0 heterocycles. The third-order valence-corrected chi connectivity index (χ3v) is 5.38. The van der Waals surface area contributed by atoms with Gasteiger partial charge in [0, 0.05) is 5.56 Å². The Kier molecular flexibility index (Phi) is 4.69. The van der Waals surface area contributed by atoms with E-state index in [1.165, 1.54) is 0 Å². The number of anilines is 1. The summed E-state index contributed by atoms with van der Waals surface area (Å²) in [7, 11) is -3.29. The third-order valence-electron chi connectivity index (χ3n) is 3.53. The lowest BCUT2D eigenvalue weighted by atomic mass is 10.1. The molecule has 0 radical (unpaired) electrons. The second-order valence-corrected chi connectivity index (χ2v) is 7.00. The SMILES string of the molecule is Cc1cc(C#CCO)ccc1NS(=O)(=O)C1CCCC1. The molecule has 0 saturated heterocycles. The van der Waals surface area contributed by atoms with Crippen molar-refractivity contribution in [2.45, 2.75) is 37.9 Å². The molecule has 20 heavy (non-hydrogen) atoms. The number of aryl methyl sites for hydroxylation is 1. The van der Waals surface area contributed by atoms with Crippen molar-refractivity contribution >= 4 is 15.7 Å². The molecule has 0 amide bonds. The fourth-order valence-corrected chi connectivity index (χ4v) is 4.09. The number of benzene rings is 1. The highest BCUT2D eigenvalue weighted by Gasteiger charge is 2.28. The Bertz CT molecular complexity index is 635. The standard InChI is InChI=1S/C15H19NO3S/c1-12-11-13(5-4-10-17)8-9-15(12)16-20(18,19)14-6-2-3-7-14/h8-9,11,14,16-17H,2-3,6-7,10H2,1H3. The molecule has 0 atom stereocenters. The van der Waals surface area contributed by atoms with Gasteiger partial charge in [-0.05, 0) is 43.5 Å². The van der Waals surface area contributed by atoms with Crippen LogP contribution in [0.2, 0.25) is 0 Å². The first-order valence-corrected chi connectivity index (χ1v) is 8.29. The van der Waals surface area contributed by atoms with Crippen LogP contribution >= 0.6 is 0 Å². The first-order chi connectivity index (χ1) is 9.53. The molecule has 1 aromatic rings. The highest BCUT2D eigenvalue weighted by Crippen LogP contribution is 2.27. The van der Waals surface area contributed by atoms with E-state index in [1.807, 2.05) is 13.0 Å². The fraction of sp³-hybridized carbons (Fsp3) is 0.467. The predicted molar refractivity (Wildman–Crippen MR) is 79.9 cm³/mol. The van der Waals surface area contributed by atoms with Crippen LogP contribution in [0.4, 0.5) is 5.69 Å². The minimum Gasteiger partial charge on any atom is -0.384 e. The first kappa shape index (κ1) is 14.9. The highest BCUT2D eigenvalue weighted by atomic mass is 32.2. The molecule has 1 aliphatic rings. The van der Waals surface area contributed by atoms with Crippen LogP contribution in [0.15, 0.2) is 18.2 Å². The number of nitrogens with one attached hydrogen (secondary N) is 1. The minimum atomic E-state index is -3.29. The van der Waals surface area contributed by atoms with E-state index in [0.717, 1.165) is 36.8 Å². The molecule has 2 N–H and O–H groups in total. The van der Waals surface area contributed by atoms with Crippen molar-refractivity contribution in [2.24, 2.45) is 0 Å². The molecule has 0 bridgehead atoms. The summed E-state index contributed by atoms with van der Waals surface area (Å²) < 4.78 is 27.2. The second-order valence-electron chi connectivity index (χ2n) is 5.04. The summed E-state index contributed by atoms with van der Waals surface area (Å²) in [6.07, 6.45) is 3.46. The molecule has 0 unspecified atom stereocenters. The lowest BCUT2D eigenvalue weighted by molar-refractivity contribution is 0.350. The zero-order chi connectivity index (χ0) is 14.6. The molecule has 1 saturated carbocycles. The third kappa shape index (κ3) is 3.53. The fourth-order valence-electron chi connectivity index (χ4n) is 2.43. The monoisotopic (exact) mass is 293 g/mol. The summed E-state index contributed by atoms with van der Waals surface area (Å²) in [5.74, 6) is 5.37. The quantitative estimate of drug-likeness (QED) is 0.838. The maximum atomic E-state index is 12.2. The van der Waals surface area contributed by atoms with E-state index in [4.69, 9.17) is 5.11 Å². The van der Waals surface area contributed by atoms with Crippen molar-refractivity contribution in [2.75, 3.05) is 11.3 Å². The minimum absolute atomic E-state index is 0.185. The Morgan fingerprint density at radius 3 is 2.65 bits per heavy atom. The van der Waals surface area contributed by atoms with E-state index in [9.17, 15) is 8.42 Å². The van der Waals surface area contributed by atoms with Gasteiger partial charge in [-0.25, -0.2) is 8.42 Å². The highest BCUT2D eigenvalue weighted by molar-refractivity contribution is 7.93. The molecule has 4 nitrogen and oxygen atoms in total. The topological polar surface area (TPSA) is 66.4 Å². The summed E-state index contributed by atoms with van der Waals surface area (Å²) in [5, 5.41) is 8.39. The summed E-state index contributed by atoms with van der Waals surface area (Å²) in [4.78, 5) is 0. The van der Waals surface area contributed by atoms with Gasteiger partial charge in [-0.2, -0.15) is 0 Å². The van der Waals surface area contributed by atoms with Crippen molar-refractivity contribution < 1.29 is 13.5 Å². The smallest absolute Gasteiger partial charge is 0.235 e. The Balaban J connectivity index is 2.17. The van der Waals surface area contributed by atoms with Crippen LogP contribution < -0.4 is 4.72 Å². The lowest BCUT2D eigenvalue weighted by Gasteiger charge is -2.15. The van der Waals surface area contributed by atoms with Gasteiger partial charge in [0.25, 0.3) is 0 Å². The van der Waals surface area contributed by atoms with Crippen LogP contribution in [-0.4, -0.2) is 25.4 Å². The first-order valence-electron chi connectivity index (χ1n) is 6.75. The van der Waals surface area contributed by atoms with E-state index in [2.05, 4.69) is 16.6 Å². The predicted octanol–water partition coefficient (Wildman–Crippen LogP) is 2.02. The lowest BCUT2D eigenvalue weighted by Crippen LogP contribution is -2.25. The Morgan fingerprint density at radius 2 is 2.05 bits per heavy atom. The summed E-state index contributed by atoms with van der Waals surface area (Å²) in [6, 6.07) is 5.29. The van der Waals surface area contributed by atoms with Gasteiger partial charge in [0.15, 0.2) is 0 Å². The maximum Gasteiger partial charge on any atom is 0.235 e. The van der Waals surface area contributed by atoms with Crippen molar-refractivity contribution in [1.29, 1.82) is 0 Å². The molecule has 0 spiro atoms. The van der Waals surface area contributed by atoms with Crippen molar-refractivity contribution in [3.8, 4) is 11.8 Å². The van der Waals surface area contributed by atoms with Crippen LogP contribution in [0, 0.1) is 18.8 Å². The van der Waals surface area contributed by atoms with Gasteiger partial charge >= 0.3 is 0 Å². The maximum absolute atomic E-state index is 12.2. The Labute approximate surface area is 120 Å². The zero-order valence-corrected chi connectivity index (χ0v) is 12.3. The van der Waals surface area contributed by atoms with E-state index in [0.29, 0.717) is 5.69 Å². The normalized spacial score (nSPS) is 15.7. The van der Waals surface area contributed by atoms with Crippen molar-refractivity contribution in [1.82, 2.24) is 0 Å². The number of hydrogen-bond acceptors (Lipinski definition) is 3. The molecule has 5 heteroatoms. The Hall–Kier alpha value is -1.51. The van der Waals surface area contributed by atoms with Crippen LogP contribution in [0.5, 0.6) is 0 Å². The van der Waals surface area contributed by atoms with Crippen molar-refractivity contribution in [3.05, 3.63) is 29.3 Å². The van der Waals surface area contributed by atoms with E-state index < -0.39 is 10.0 Å². The molecular weight excluding hydrogens is 274 g/mol. The average Bonchev–Trinajstić information content (AvgIpc) is 2.94. The van der Waals surface area contributed by atoms with Gasteiger partial charge in [0.2, 0.25) is 10.0 Å². The van der Waals surface area contributed by atoms with Crippen molar-refractivity contribution in [3.63, 3.8) is 0 Å². The zero-order valence-electron chi connectivity index (χ0n) is 11.5. The molecule has 108 valence electrons. The second kappa shape index (κ2) is 6.29. The summed E-state index contributed by atoms with van der Waals surface area (Å²) in [6.45, 7) is 1.66. The van der Waals surface area contributed by atoms with Gasteiger partial charge in [-0.1, -0.05) is 24.7 Å². The van der Waals surface area contributed by atoms with Gasteiger partial charge in [-0.3, -0.25) is 4.72 Å². The molecule has 0 aromatic heterocycles. The van der Waals surface area contributed by atoms with Gasteiger partial charge < -0.3 is 5.11 Å². The van der Waals surface area contributed by atoms with Crippen LogP contribution in [-0.2, 0) is 10.0 Å². The van der Waals surface area contributed by atoms with Crippen LogP contribution in [0.3, 0.4) is 0 Å². The van der Waals surface area contributed by atoms with Crippen LogP contribution in [0.1, 0.15) is 36.8 Å². The van der Waals surface area contributed by atoms with E-state index in [-0.39, 0.29) is 11.9 Å². The number of sulfonamides is 1. The summed E-state index contributed by atoms with van der Waals surface area (Å²) >= 11 is 0. The molecule has 1 fully saturated rings. The van der Waals surface area contributed by atoms with E-state index in [1.54, 1.807) is 12.1 Å². The molecular formula is C15H19NO3S. The largest absolute Gasteiger partial charge is 0.384 e. The molecule has 1 aliphatic carbocycles. The van der Waals surface area contributed by atoms with Crippen LogP contribution in [0.25, 0.3) is 0 Å². The number of aliphatic hydroxyl groups is 1. The average molecular weight is 293 g/mol. The number of aliphatic hydroxyl groups excluding tert-OH is 1.